The average Bonchev–Trinajstić information content (AvgIpc) is 3.12. The van der Waals surface area contributed by atoms with Gasteiger partial charge in [0.25, 0.3) is 0 Å². The highest BCUT2D eigenvalue weighted by atomic mass is 15.2. The average molecular weight is 299 g/mol. The maximum Gasteiger partial charge on any atom is 0.0486 e. The molecule has 2 heterocycles. The van der Waals surface area contributed by atoms with Gasteiger partial charge >= 0.3 is 0 Å². The lowest BCUT2D eigenvalue weighted by Gasteiger charge is -2.22. The van der Waals surface area contributed by atoms with E-state index in [-0.39, 0.29) is 0 Å². The summed E-state index contributed by atoms with van der Waals surface area (Å²) in [6, 6.07) is 9.99. The summed E-state index contributed by atoms with van der Waals surface area (Å²) >= 11 is 0. The van der Waals surface area contributed by atoms with E-state index in [2.05, 4.69) is 66.0 Å². The Labute approximate surface area is 134 Å². The predicted octanol–water partition coefficient (Wildman–Crippen LogP) is 3.80. The van der Waals surface area contributed by atoms with Crippen LogP contribution in [0.4, 0.5) is 0 Å². The molecule has 0 spiro atoms. The third kappa shape index (κ3) is 3.06. The molecule has 1 aromatic heterocycles. The molecule has 0 saturated carbocycles. The summed E-state index contributed by atoms with van der Waals surface area (Å²) < 4.78 is 2.39. The fourth-order valence-electron chi connectivity index (χ4n) is 3.76. The lowest BCUT2D eigenvalue weighted by atomic mass is 10.1. The zero-order valence-corrected chi connectivity index (χ0v) is 14.2. The van der Waals surface area contributed by atoms with Crippen LogP contribution in [0.15, 0.2) is 30.5 Å². The van der Waals surface area contributed by atoms with Gasteiger partial charge in [-0.25, -0.2) is 0 Å². The molecule has 1 N–H and O–H groups in total. The molecule has 0 aliphatic carbocycles. The lowest BCUT2D eigenvalue weighted by Crippen LogP contribution is -2.37. The number of fused-ring (bicyclic) bond motifs is 1. The van der Waals surface area contributed by atoms with E-state index < -0.39 is 0 Å². The van der Waals surface area contributed by atoms with Gasteiger partial charge in [-0.2, -0.15) is 0 Å². The zero-order chi connectivity index (χ0) is 15.5. The van der Waals surface area contributed by atoms with E-state index in [0.29, 0.717) is 6.04 Å². The van der Waals surface area contributed by atoms with E-state index in [1.54, 1.807) is 0 Å². The quantitative estimate of drug-likeness (QED) is 0.875. The Kier molecular flexibility index (Phi) is 4.84. The van der Waals surface area contributed by atoms with Gasteiger partial charge in [-0.15, -0.1) is 0 Å². The first-order valence-electron chi connectivity index (χ1n) is 8.74. The minimum atomic E-state index is 0.504. The number of rotatable bonds is 6. The van der Waals surface area contributed by atoms with Gasteiger partial charge in [0.2, 0.25) is 0 Å². The minimum Gasteiger partial charge on any atom is -0.345 e. The van der Waals surface area contributed by atoms with Crippen LogP contribution in [-0.2, 0) is 6.54 Å². The number of hydrogen-bond donors (Lipinski definition) is 1. The molecule has 1 atom stereocenters. The molecule has 1 aromatic carbocycles. The third-order valence-corrected chi connectivity index (χ3v) is 4.98. The summed E-state index contributed by atoms with van der Waals surface area (Å²) in [4.78, 5) is 2.60. The van der Waals surface area contributed by atoms with Gasteiger partial charge in [-0.05, 0) is 51.4 Å². The number of para-hydroxylation sites is 1. The fraction of sp³-hybridized carbons (Fsp3) is 0.579. The summed E-state index contributed by atoms with van der Waals surface area (Å²) in [5.74, 6) is 0. The highest BCUT2D eigenvalue weighted by molar-refractivity contribution is 5.84. The Morgan fingerprint density at radius 2 is 2.09 bits per heavy atom. The van der Waals surface area contributed by atoms with E-state index >= 15 is 0 Å². The summed E-state index contributed by atoms with van der Waals surface area (Å²) in [7, 11) is 0. The van der Waals surface area contributed by atoms with Crippen molar-refractivity contribution >= 4 is 10.9 Å². The molecule has 1 saturated heterocycles. The molecule has 1 fully saturated rings. The zero-order valence-electron chi connectivity index (χ0n) is 14.2. The van der Waals surface area contributed by atoms with E-state index in [0.717, 1.165) is 19.1 Å². The van der Waals surface area contributed by atoms with Gasteiger partial charge in [0.05, 0.1) is 0 Å². The van der Waals surface area contributed by atoms with Crippen LogP contribution in [0.1, 0.15) is 45.2 Å². The van der Waals surface area contributed by atoms with Crippen LogP contribution in [0.5, 0.6) is 0 Å². The van der Waals surface area contributed by atoms with Crippen molar-refractivity contribution in [2.24, 2.45) is 0 Å². The minimum absolute atomic E-state index is 0.504. The third-order valence-electron chi connectivity index (χ3n) is 4.98. The van der Waals surface area contributed by atoms with Crippen LogP contribution in [0.2, 0.25) is 0 Å². The summed E-state index contributed by atoms with van der Waals surface area (Å²) in [6.45, 7) is 11.3. The monoisotopic (exact) mass is 299 g/mol. The van der Waals surface area contributed by atoms with Crippen LogP contribution in [-0.4, -0.2) is 35.1 Å². The molecule has 3 rings (SSSR count). The van der Waals surface area contributed by atoms with Crippen molar-refractivity contribution in [2.45, 2.75) is 52.2 Å². The normalized spacial score (nSPS) is 19.5. The number of likely N-dealkylation sites (N-methyl/N-ethyl adjacent to an activating group) is 1. The van der Waals surface area contributed by atoms with Crippen molar-refractivity contribution in [3.05, 3.63) is 36.0 Å². The molecule has 120 valence electrons. The first-order valence-corrected chi connectivity index (χ1v) is 8.74. The second kappa shape index (κ2) is 6.84. The molecule has 3 nitrogen and oxygen atoms in total. The number of benzene rings is 1. The number of aromatic nitrogens is 1. The first-order chi connectivity index (χ1) is 10.7. The largest absolute Gasteiger partial charge is 0.345 e. The van der Waals surface area contributed by atoms with Gasteiger partial charge < -0.3 is 9.88 Å². The predicted molar refractivity (Wildman–Crippen MR) is 94.3 cm³/mol. The van der Waals surface area contributed by atoms with Crippen molar-refractivity contribution in [2.75, 3.05) is 19.6 Å². The van der Waals surface area contributed by atoms with Crippen LogP contribution < -0.4 is 5.32 Å². The molecule has 1 aliphatic heterocycles. The van der Waals surface area contributed by atoms with Gasteiger partial charge in [-0.1, -0.05) is 25.1 Å². The molecule has 0 unspecified atom stereocenters. The molecule has 2 aromatic rings. The SMILES string of the molecule is CCN1CCC[C@H]1CNCc1cn(C(C)C)c2ccccc12. The Morgan fingerprint density at radius 3 is 2.86 bits per heavy atom. The molecule has 22 heavy (non-hydrogen) atoms. The lowest BCUT2D eigenvalue weighted by molar-refractivity contribution is 0.260. The van der Waals surface area contributed by atoms with Crippen molar-refractivity contribution in [3.8, 4) is 0 Å². The summed E-state index contributed by atoms with van der Waals surface area (Å²) in [5, 5.41) is 5.09. The summed E-state index contributed by atoms with van der Waals surface area (Å²) in [6.07, 6.45) is 5.02. The molecule has 0 amide bonds. The van der Waals surface area contributed by atoms with Gasteiger partial charge in [0.15, 0.2) is 0 Å². The molecular formula is C19H29N3. The van der Waals surface area contributed by atoms with Gasteiger partial charge in [-0.3, -0.25) is 4.90 Å². The molecule has 1 aliphatic rings. The van der Waals surface area contributed by atoms with Crippen molar-refractivity contribution in [3.63, 3.8) is 0 Å². The summed E-state index contributed by atoms with van der Waals surface area (Å²) in [5.41, 5.74) is 2.77. The molecule has 0 bridgehead atoms. The Balaban J connectivity index is 1.69. The highest BCUT2D eigenvalue weighted by Crippen LogP contribution is 2.24. The Morgan fingerprint density at radius 1 is 1.27 bits per heavy atom. The topological polar surface area (TPSA) is 20.2 Å². The van der Waals surface area contributed by atoms with Crippen LogP contribution in [0.3, 0.4) is 0 Å². The van der Waals surface area contributed by atoms with E-state index in [4.69, 9.17) is 0 Å². The van der Waals surface area contributed by atoms with E-state index in [9.17, 15) is 0 Å². The Bertz CT molecular complexity index is 614. The van der Waals surface area contributed by atoms with Crippen molar-refractivity contribution in [1.82, 2.24) is 14.8 Å². The molecule has 3 heteroatoms. The maximum absolute atomic E-state index is 3.70. The van der Waals surface area contributed by atoms with Crippen LogP contribution in [0.25, 0.3) is 10.9 Å². The second-order valence-corrected chi connectivity index (χ2v) is 6.73. The standard InChI is InChI=1S/C19H29N3/c1-4-21-11-7-8-17(21)13-20-12-16-14-22(15(2)3)19-10-6-5-9-18(16)19/h5-6,9-10,14-15,17,20H,4,7-8,11-13H2,1-3H3/t17-/m0/s1. The number of nitrogens with zero attached hydrogens (tertiary/aromatic N) is 2. The first kappa shape index (κ1) is 15.6. The van der Waals surface area contributed by atoms with E-state index in [1.807, 2.05) is 0 Å². The maximum atomic E-state index is 3.70. The molecular weight excluding hydrogens is 270 g/mol. The molecule has 0 radical (unpaired) electrons. The number of nitrogens with one attached hydrogen (secondary N) is 1. The van der Waals surface area contributed by atoms with Crippen molar-refractivity contribution in [1.29, 1.82) is 0 Å². The highest BCUT2D eigenvalue weighted by Gasteiger charge is 2.22. The second-order valence-electron chi connectivity index (χ2n) is 6.73. The Hall–Kier alpha value is -1.32. The smallest absolute Gasteiger partial charge is 0.0486 e. The van der Waals surface area contributed by atoms with Crippen LogP contribution >= 0.6 is 0 Å². The number of likely N-dealkylation sites (tertiary alicyclic amines) is 1. The van der Waals surface area contributed by atoms with Crippen molar-refractivity contribution < 1.29 is 0 Å². The van der Waals surface area contributed by atoms with Crippen LogP contribution in [0, 0.1) is 0 Å². The fourth-order valence-corrected chi connectivity index (χ4v) is 3.76. The van der Waals surface area contributed by atoms with Gasteiger partial charge in [0, 0.05) is 42.3 Å². The van der Waals surface area contributed by atoms with Gasteiger partial charge in [0.1, 0.15) is 0 Å². The number of hydrogen-bond acceptors (Lipinski definition) is 2. The van der Waals surface area contributed by atoms with E-state index in [1.165, 1.54) is 42.4 Å².